The molecule has 2 aromatic heterocycles. The molecular weight excluding hydrogens is 390 g/mol. The molecule has 7 nitrogen and oxygen atoms in total. The number of aryl methyl sites for hydroxylation is 1. The first-order valence-electron chi connectivity index (χ1n) is 11.0. The van der Waals surface area contributed by atoms with Crippen molar-refractivity contribution in [3.63, 3.8) is 0 Å². The quantitative estimate of drug-likeness (QED) is 0.615. The second kappa shape index (κ2) is 9.29. The van der Waals surface area contributed by atoms with Gasteiger partial charge in [-0.05, 0) is 38.3 Å². The van der Waals surface area contributed by atoms with E-state index >= 15 is 0 Å². The molecule has 0 saturated carbocycles. The average molecular weight is 420 g/mol. The lowest BCUT2D eigenvalue weighted by Gasteiger charge is -2.35. The van der Waals surface area contributed by atoms with Crippen LogP contribution >= 0.6 is 0 Å². The van der Waals surface area contributed by atoms with Crippen molar-refractivity contribution in [2.45, 2.75) is 39.2 Å². The molecule has 2 amide bonds. The molecule has 0 N–H and O–H groups in total. The zero-order valence-corrected chi connectivity index (χ0v) is 18.2. The summed E-state index contributed by atoms with van der Waals surface area (Å²) in [6, 6.07) is 12.3. The van der Waals surface area contributed by atoms with Crippen molar-refractivity contribution in [3.8, 4) is 0 Å². The lowest BCUT2D eigenvalue weighted by Crippen LogP contribution is -2.50. The molecule has 1 fully saturated rings. The molecule has 0 radical (unpaired) electrons. The second-order valence-corrected chi connectivity index (χ2v) is 8.33. The van der Waals surface area contributed by atoms with Crippen molar-refractivity contribution in [1.29, 1.82) is 0 Å². The highest BCUT2D eigenvalue weighted by Gasteiger charge is 2.25. The van der Waals surface area contributed by atoms with Gasteiger partial charge in [-0.25, -0.2) is 9.67 Å². The number of pyridine rings is 1. The fraction of sp³-hybridized carbons (Fsp3) is 0.417. The lowest BCUT2D eigenvalue weighted by atomic mass is 10.1. The van der Waals surface area contributed by atoms with Crippen LogP contribution < -0.4 is 0 Å². The molecule has 1 aliphatic heterocycles. The van der Waals surface area contributed by atoms with Gasteiger partial charge in [-0.1, -0.05) is 30.3 Å². The van der Waals surface area contributed by atoms with Crippen LogP contribution in [0, 0.1) is 0 Å². The fourth-order valence-electron chi connectivity index (χ4n) is 4.02. The number of amides is 2. The van der Waals surface area contributed by atoms with Gasteiger partial charge in [0.15, 0.2) is 5.65 Å². The van der Waals surface area contributed by atoms with Crippen LogP contribution in [0.2, 0.25) is 0 Å². The summed E-state index contributed by atoms with van der Waals surface area (Å²) in [7, 11) is 0. The number of fused-ring (bicyclic) bond motifs is 1. The minimum absolute atomic E-state index is 0.0390. The molecule has 4 rings (SSSR count). The summed E-state index contributed by atoms with van der Waals surface area (Å²) in [4.78, 5) is 33.6. The van der Waals surface area contributed by atoms with Crippen LogP contribution in [0.3, 0.4) is 0 Å². The van der Waals surface area contributed by atoms with Crippen LogP contribution in [-0.2, 0) is 11.2 Å². The van der Waals surface area contributed by atoms with Gasteiger partial charge in [-0.3, -0.25) is 9.59 Å². The average Bonchev–Trinajstić information content (AvgIpc) is 3.23. The van der Waals surface area contributed by atoms with E-state index < -0.39 is 0 Å². The van der Waals surface area contributed by atoms with Crippen molar-refractivity contribution in [1.82, 2.24) is 24.6 Å². The Hall–Kier alpha value is -3.22. The zero-order valence-electron chi connectivity index (χ0n) is 18.2. The largest absolute Gasteiger partial charge is 0.339 e. The number of rotatable bonds is 6. The summed E-state index contributed by atoms with van der Waals surface area (Å²) in [5, 5.41) is 5.23. The first-order valence-corrected chi connectivity index (χ1v) is 11.0. The maximum Gasteiger partial charge on any atom is 0.255 e. The molecule has 0 aliphatic carbocycles. The van der Waals surface area contributed by atoms with Crippen LogP contribution in [0.15, 0.2) is 48.8 Å². The van der Waals surface area contributed by atoms with E-state index in [1.165, 1.54) is 5.56 Å². The molecule has 162 valence electrons. The SMILES string of the molecule is CC(C)n1ncc2cc(C(=O)N3CCN(C(=O)CCCc4ccccc4)CC3)cnc21. The van der Waals surface area contributed by atoms with Gasteiger partial charge in [-0.2, -0.15) is 5.10 Å². The van der Waals surface area contributed by atoms with Gasteiger partial charge < -0.3 is 9.80 Å². The minimum atomic E-state index is -0.0390. The van der Waals surface area contributed by atoms with E-state index in [0.29, 0.717) is 38.2 Å². The van der Waals surface area contributed by atoms with Crippen LogP contribution in [0.5, 0.6) is 0 Å². The van der Waals surface area contributed by atoms with Crippen molar-refractivity contribution < 1.29 is 9.59 Å². The number of nitrogens with zero attached hydrogens (tertiary/aromatic N) is 5. The first-order chi connectivity index (χ1) is 15.0. The van der Waals surface area contributed by atoms with E-state index in [9.17, 15) is 9.59 Å². The summed E-state index contributed by atoms with van der Waals surface area (Å²) >= 11 is 0. The molecule has 3 aromatic rings. The molecule has 0 bridgehead atoms. The predicted octanol–water partition coefficient (Wildman–Crippen LogP) is 3.32. The molecule has 7 heteroatoms. The highest BCUT2D eigenvalue weighted by atomic mass is 16.2. The van der Waals surface area contributed by atoms with Gasteiger partial charge in [-0.15, -0.1) is 0 Å². The Labute approximate surface area is 182 Å². The van der Waals surface area contributed by atoms with Gasteiger partial charge in [0, 0.05) is 50.2 Å². The van der Waals surface area contributed by atoms with Crippen molar-refractivity contribution in [2.24, 2.45) is 0 Å². The summed E-state index contributed by atoms with van der Waals surface area (Å²) < 4.78 is 1.85. The summed E-state index contributed by atoms with van der Waals surface area (Å²) in [6.07, 6.45) is 5.69. The Bertz CT molecular complexity index is 1050. The van der Waals surface area contributed by atoms with Gasteiger partial charge >= 0.3 is 0 Å². The van der Waals surface area contributed by atoms with E-state index in [-0.39, 0.29) is 17.9 Å². The number of hydrogen-bond donors (Lipinski definition) is 0. The number of carbonyl (C=O) groups excluding carboxylic acids is 2. The third kappa shape index (κ3) is 4.76. The normalized spacial score (nSPS) is 14.4. The fourth-order valence-corrected chi connectivity index (χ4v) is 4.02. The van der Waals surface area contributed by atoms with Gasteiger partial charge in [0.1, 0.15) is 0 Å². The molecule has 0 unspecified atom stereocenters. The first kappa shape index (κ1) is 21.0. The predicted molar refractivity (Wildman–Crippen MR) is 120 cm³/mol. The zero-order chi connectivity index (χ0) is 21.8. The maximum absolute atomic E-state index is 12.9. The Morgan fingerprint density at radius 2 is 1.71 bits per heavy atom. The molecule has 1 saturated heterocycles. The van der Waals surface area contributed by atoms with Crippen molar-refractivity contribution in [2.75, 3.05) is 26.2 Å². The van der Waals surface area contributed by atoms with Crippen LogP contribution in [-0.4, -0.2) is 62.6 Å². The van der Waals surface area contributed by atoms with E-state index in [0.717, 1.165) is 23.9 Å². The van der Waals surface area contributed by atoms with Gasteiger partial charge in [0.2, 0.25) is 5.91 Å². The topological polar surface area (TPSA) is 71.3 Å². The molecule has 31 heavy (non-hydrogen) atoms. The number of hydrogen-bond acceptors (Lipinski definition) is 4. The van der Waals surface area contributed by atoms with E-state index in [1.807, 2.05) is 38.7 Å². The summed E-state index contributed by atoms with van der Waals surface area (Å²) in [5.41, 5.74) is 2.62. The third-order valence-corrected chi connectivity index (χ3v) is 5.79. The Morgan fingerprint density at radius 1 is 1.00 bits per heavy atom. The molecule has 1 aromatic carbocycles. The molecule has 0 atom stereocenters. The lowest BCUT2D eigenvalue weighted by molar-refractivity contribution is -0.132. The van der Waals surface area contributed by atoms with Gasteiger partial charge in [0.05, 0.1) is 11.8 Å². The molecule has 3 heterocycles. The Morgan fingerprint density at radius 3 is 2.42 bits per heavy atom. The van der Waals surface area contributed by atoms with Crippen LogP contribution in [0.4, 0.5) is 0 Å². The van der Waals surface area contributed by atoms with Crippen LogP contribution in [0.25, 0.3) is 11.0 Å². The van der Waals surface area contributed by atoms with E-state index in [4.69, 9.17) is 0 Å². The van der Waals surface area contributed by atoms with Crippen molar-refractivity contribution >= 4 is 22.8 Å². The Kier molecular flexibility index (Phi) is 6.30. The number of carbonyl (C=O) groups is 2. The number of aromatic nitrogens is 3. The van der Waals surface area contributed by atoms with Crippen molar-refractivity contribution in [3.05, 3.63) is 59.9 Å². The second-order valence-electron chi connectivity index (χ2n) is 8.33. The molecular formula is C24H29N5O2. The van der Waals surface area contributed by atoms with Crippen LogP contribution in [0.1, 0.15) is 48.7 Å². The van der Waals surface area contributed by atoms with Gasteiger partial charge in [0.25, 0.3) is 5.91 Å². The highest BCUT2D eigenvalue weighted by Crippen LogP contribution is 2.18. The molecule has 1 aliphatic rings. The van der Waals surface area contributed by atoms with E-state index in [2.05, 4.69) is 36.1 Å². The third-order valence-electron chi connectivity index (χ3n) is 5.79. The standard InChI is InChI=1S/C24H29N5O2/c1-18(2)29-23-20(17-26-29)15-21(16-25-23)24(31)28-13-11-27(12-14-28)22(30)10-6-9-19-7-4-3-5-8-19/h3-5,7-8,15-18H,6,9-14H2,1-2H3. The smallest absolute Gasteiger partial charge is 0.255 e. The number of benzene rings is 1. The Balaban J connectivity index is 1.29. The maximum atomic E-state index is 12.9. The summed E-state index contributed by atoms with van der Waals surface area (Å²) in [5.74, 6) is 0.134. The monoisotopic (exact) mass is 419 g/mol. The molecule has 0 spiro atoms. The summed E-state index contributed by atoms with van der Waals surface area (Å²) in [6.45, 7) is 6.36. The highest BCUT2D eigenvalue weighted by molar-refractivity contribution is 5.97. The van der Waals surface area contributed by atoms with E-state index in [1.54, 1.807) is 12.4 Å². The minimum Gasteiger partial charge on any atom is -0.339 e. The number of piperazine rings is 1.